The van der Waals surface area contributed by atoms with Gasteiger partial charge in [0.15, 0.2) is 17.2 Å². The Morgan fingerprint density at radius 1 is 0.939 bits per heavy atom. The predicted octanol–water partition coefficient (Wildman–Crippen LogP) is 6.07. The van der Waals surface area contributed by atoms with Crippen LogP contribution in [-0.2, 0) is 11.1 Å². The molecule has 0 saturated heterocycles. The second-order valence-electron chi connectivity index (χ2n) is 9.58. The van der Waals surface area contributed by atoms with E-state index in [4.69, 9.17) is 16.7 Å². The van der Waals surface area contributed by atoms with E-state index in [1.54, 1.807) is 0 Å². The van der Waals surface area contributed by atoms with Crippen molar-refractivity contribution >= 4 is 17.3 Å². The molecule has 1 N–H and O–H groups in total. The minimum absolute atomic E-state index is 0.0237. The van der Waals surface area contributed by atoms with Crippen LogP contribution in [0, 0.1) is 0 Å². The fourth-order valence-electron chi connectivity index (χ4n) is 4.25. The van der Waals surface area contributed by atoms with E-state index in [2.05, 4.69) is 31.1 Å². The number of halogens is 1. The molecule has 0 amide bonds. The Bertz CT molecular complexity index is 1400. The maximum absolute atomic E-state index is 13.2. The summed E-state index contributed by atoms with van der Waals surface area (Å²) < 4.78 is 1.81. The fourth-order valence-corrected chi connectivity index (χ4v) is 4.38. The maximum atomic E-state index is 13.2. The molecule has 5 nitrogen and oxygen atoms in total. The lowest BCUT2D eigenvalue weighted by Gasteiger charge is -2.39. The molecule has 33 heavy (non-hydrogen) atoms. The number of rotatable bonds is 2. The summed E-state index contributed by atoms with van der Waals surface area (Å²) in [5.41, 5.74) is 3.85. The predicted molar refractivity (Wildman–Crippen MR) is 134 cm³/mol. The molecule has 1 aliphatic rings. The highest BCUT2D eigenvalue weighted by Gasteiger charge is 2.37. The van der Waals surface area contributed by atoms with Gasteiger partial charge in [-0.2, -0.15) is 10.1 Å². The zero-order chi connectivity index (χ0) is 23.4. The highest BCUT2D eigenvalue weighted by Crippen LogP contribution is 2.40. The van der Waals surface area contributed by atoms with Crippen molar-refractivity contribution < 1.29 is 0 Å². The van der Waals surface area contributed by atoms with E-state index in [0.717, 1.165) is 22.4 Å². The first kappa shape index (κ1) is 21.4. The minimum Gasteiger partial charge on any atom is -0.357 e. The van der Waals surface area contributed by atoms with Gasteiger partial charge in [-0.1, -0.05) is 80.9 Å². The zero-order valence-corrected chi connectivity index (χ0v) is 19.8. The van der Waals surface area contributed by atoms with E-state index in [1.807, 2.05) is 84.4 Å². The lowest BCUT2D eigenvalue weighted by atomic mass is 9.86. The SMILES string of the molecule is CC(C)(C)c1ccc(-c2nn3c(nc2=O)-c2ccccc2N[C@]3(C)c2ccc(Cl)cc2)cc1. The fraction of sp³-hybridized carbons (Fsp3) is 0.222. The van der Waals surface area contributed by atoms with E-state index < -0.39 is 5.66 Å². The molecule has 6 heteroatoms. The molecule has 0 bridgehead atoms. The number of hydrogen-bond acceptors (Lipinski definition) is 4. The summed E-state index contributed by atoms with van der Waals surface area (Å²) in [6.45, 7) is 8.52. The quantitative estimate of drug-likeness (QED) is 0.397. The summed E-state index contributed by atoms with van der Waals surface area (Å²) >= 11 is 6.15. The Morgan fingerprint density at radius 3 is 2.27 bits per heavy atom. The summed E-state index contributed by atoms with van der Waals surface area (Å²) in [4.78, 5) is 17.7. The molecule has 0 fully saturated rings. The molecule has 166 valence electrons. The van der Waals surface area contributed by atoms with Gasteiger partial charge in [0, 0.05) is 21.8 Å². The van der Waals surface area contributed by atoms with E-state index in [1.165, 1.54) is 5.56 Å². The number of anilines is 1. The number of aromatic nitrogens is 3. The van der Waals surface area contributed by atoms with Crippen LogP contribution in [0.25, 0.3) is 22.6 Å². The molecule has 0 spiro atoms. The first-order valence-electron chi connectivity index (χ1n) is 10.9. The van der Waals surface area contributed by atoms with Gasteiger partial charge in [0.1, 0.15) is 0 Å². The van der Waals surface area contributed by atoms with E-state index in [0.29, 0.717) is 16.5 Å². The van der Waals surface area contributed by atoms with E-state index >= 15 is 0 Å². The van der Waals surface area contributed by atoms with Gasteiger partial charge in [0.2, 0.25) is 0 Å². The molecule has 1 atom stereocenters. The topological polar surface area (TPSA) is 59.8 Å². The van der Waals surface area contributed by atoms with Crippen LogP contribution in [0.2, 0.25) is 5.02 Å². The number of nitrogens with one attached hydrogen (secondary N) is 1. The average molecular weight is 457 g/mol. The molecule has 2 heterocycles. The summed E-state index contributed by atoms with van der Waals surface area (Å²) in [7, 11) is 0. The van der Waals surface area contributed by atoms with Crippen molar-refractivity contribution in [3.63, 3.8) is 0 Å². The third kappa shape index (κ3) is 3.62. The van der Waals surface area contributed by atoms with E-state index in [9.17, 15) is 4.79 Å². The summed E-state index contributed by atoms with van der Waals surface area (Å²) in [5, 5.41) is 9.14. The molecule has 0 saturated carbocycles. The number of benzene rings is 3. The van der Waals surface area contributed by atoms with Gasteiger partial charge >= 0.3 is 0 Å². The minimum atomic E-state index is -0.769. The largest absolute Gasteiger partial charge is 0.357 e. The Morgan fingerprint density at radius 2 is 1.61 bits per heavy atom. The van der Waals surface area contributed by atoms with Crippen LogP contribution in [0.15, 0.2) is 77.6 Å². The molecular weight excluding hydrogens is 432 g/mol. The standard InChI is InChI=1S/C27H25ClN4O/c1-26(2,3)18-11-9-17(10-12-18)23-25(33)29-24-21-7-5-6-8-22(21)30-27(4,32(24)31-23)19-13-15-20(28)16-14-19/h5-16,30H,1-4H3/t27-/m0/s1. The van der Waals surface area contributed by atoms with Crippen molar-refractivity contribution in [2.45, 2.75) is 38.8 Å². The molecule has 3 aromatic carbocycles. The number of nitrogens with zero attached hydrogens (tertiary/aromatic N) is 3. The smallest absolute Gasteiger partial charge is 0.300 e. The van der Waals surface area contributed by atoms with Gasteiger partial charge in [-0.3, -0.25) is 4.79 Å². The maximum Gasteiger partial charge on any atom is 0.300 e. The van der Waals surface area contributed by atoms with Crippen molar-refractivity contribution in [2.75, 3.05) is 5.32 Å². The van der Waals surface area contributed by atoms with Crippen LogP contribution in [0.1, 0.15) is 38.8 Å². The zero-order valence-electron chi connectivity index (χ0n) is 19.1. The van der Waals surface area contributed by atoms with Crippen molar-refractivity contribution in [1.82, 2.24) is 14.8 Å². The molecule has 0 aliphatic carbocycles. The first-order chi connectivity index (χ1) is 15.7. The van der Waals surface area contributed by atoms with Crippen LogP contribution in [0.3, 0.4) is 0 Å². The first-order valence-corrected chi connectivity index (χ1v) is 11.3. The highest BCUT2D eigenvalue weighted by molar-refractivity contribution is 6.30. The van der Waals surface area contributed by atoms with Gasteiger partial charge < -0.3 is 5.32 Å². The van der Waals surface area contributed by atoms with Crippen LogP contribution < -0.4 is 10.9 Å². The molecule has 1 aliphatic heterocycles. The number of para-hydroxylation sites is 1. The van der Waals surface area contributed by atoms with E-state index in [-0.39, 0.29) is 11.0 Å². The van der Waals surface area contributed by atoms with Crippen LogP contribution >= 0.6 is 11.6 Å². The third-order valence-electron chi connectivity index (χ3n) is 6.21. The number of hydrogen-bond donors (Lipinski definition) is 1. The normalized spacial score (nSPS) is 17.1. The Balaban J connectivity index is 1.73. The van der Waals surface area contributed by atoms with Crippen molar-refractivity contribution in [2.24, 2.45) is 0 Å². The van der Waals surface area contributed by atoms with Crippen LogP contribution in [0.4, 0.5) is 5.69 Å². The molecule has 0 radical (unpaired) electrons. The highest BCUT2D eigenvalue weighted by atomic mass is 35.5. The van der Waals surface area contributed by atoms with Crippen molar-refractivity contribution in [3.05, 3.63) is 99.3 Å². The average Bonchev–Trinajstić information content (AvgIpc) is 2.79. The summed E-state index contributed by atoms with van der Waals surface area (Å²) in [6.07, 6.45) is 0. The Kier molecular flexibility index (Phi) is 4.91. The van der Waals surface area contributed by atoms with Gasteiger partial charge in [-0.05, 0) is 47.7 Å². The Hall–Kier alpha value is -3.44. The lowest BCUT2D eigenvalue weighted by Crippen LogP contribution is -2.46. The lowest BCUT2D eigenvalue weighted by molar-refractivity contribution is 0.391. The second-order valence-corrected chi connectivity index (χ2v) is 10.0. The van der Waals surface area contributed by atoms with Gasteiger partial charge in [-0.25, -0.2) is 4.68 Å². The molecule has 0 unspecified atom stereocenters. The van der Waals surface area contributed by atoms with Gasteiger partial charge in [0.25, 0.3) is 5.56 Å². The molecule has 5 rings (SSSR count). The van der Waals surface area contributed by atoms with Gasteiger partial charge in [0.05, 0.1) is 0 Å². The summed E-state index contributed by atoms with van der Waals surface area (Å²) in [5.74, 6) is 0.530. The summed E-state index contributed by atoms with van der Waals surface area (Å²) in [6, 6.07) is 23.4. The van der Waals surface area contributed by atoms with Crippen molar-refractivity contribution in [3.8, 4) is 22.6 Å². The van der Waals surface area contributed by atoms with Crippen molar-refractivity contribution in [1.29, 1.82) is 0 Å². The second kappa shape index (κ2) is 7.56. The number of fused-ring (bicyclic) bond motifs is 3. The molecule has 4 aromatic rings. The molecule has 1 aromatic heterocycles. The molecular formula is C27H25ClN4O. The van der Waals surface area contributed by atoms with Crippen LogP contribution in [0.5, 0.6) is 0 Å². The Labute approximate surface area is 198 Å². The monoisotopic (exact) mass is 456 g/mol. The van der Waals surface area contributed by atoms with Crippen LogP contribution in [-0.4, -0.2) is 14.8 Å². The van der Waals surface area contributed by atoms with Gasteiger partial charge in [-0.15, -0.1) is 0 Å². The third-order valence-corrected chi connectivity index (χ3v) is 6.46.